The highest BCUT2D eigenvalue weighted by Crippen LogP contribution is 2.44. The summed E-state index contributed by atoms with van der Waals surface area (Å²) in [4.78, 5) is 15.4. The summed E-state index contributed by atoms with van der Waals surface area (Å²) in [6.45, 7) is 2.38. The fraction of sp³-hybridized carbons (Fsp3) is 0.450. The number of hydrogen-bond acceptors (Lipinski definition) is 5. The highest BCUT2D eigenvalue weighted by molar-refractivity contribution is 7.86. The number of H-pyrrole nitrogens is 1. The lowest BCUT2D eigenvalue weighted by Crippen LogP contribution is -2.49. The van der Waals surface area contributed by atoms with Crippen LogP contribution in [0.25, 0.3) is 0 Å². The number of carbonyl (C=O) groups is 1. The third kappa shape index (κ3) is 4.14. The largest absolute Gasteiger partial charge is 0.496 e. The van der Waals surface area contributed by atoms with Gasteiger partial charge in [0.15, 0.2) is 6.10 Å². The van der Waals surface area contributed by atoms with Crippen molar-refractivity contribution in [1.82, 2.24) is 10.3 Å². The zero-order valence-electron chi connectivity index (χ0n) is 16.4. The molecule has 0 spiro atoms. The summed E-state index contributed by atoms with van der Waals surface area (Å²) in [6.07, 6.45) is 3.19. The molecule has 0 bridgehead atoms. The first kappa shape index (κ1) is 22.1. The first-order valence-corrected chi connectivity index (χ1v) is 10.4. The maximum atomic E-state index is 13.9. The summed E-state index contributed by atoms with van der Waals surface area (Å²) >= 11 is 0. The molecule has 0 radical (unpaired) electrons. The number of carboxylic acids is 1. The first-order valence-electron chi connectivity index (χ1n) is 9.20. The number of aliphatic carboxylic acids is 1. The summed E-state index contributed by atoms with van der Waals surface area (Å²) < 4.78 is 17.8. The minimum atomic E-state index is -1.89. The number of aliphatic hydroxyl groups excluding tert-OH is 1. The molecular weight excluding hydrogens is 380 g/mol. The molecule has 1 heterocycles. The molecule has 7 nitrogen and oxygen atoms in total. The number of aliphatic hydroxyl groups is 1. The number of aryl methyl sites for hydroxylation is 1. The average molecular weight is 409 g/mol. The Bertz CT molecular complexity index is 822. The van der Waals surface area contributed by atoms with Crippen LogP contribution in [0.4, 0.5) is 0 Å². The van der Waals surface area contributed by atoms with Crippen LogP contribution < -0.4 is 10.1 Å². The normalized spacial score (nSPS) is 15.6. The van der Waals surface area contributed by atoms with Gasteiger partial charge in [-0.15, -0.1) is 0 Å². The topological polar surface area (TPSA) is 112 Å². The summed E-state index contributed by atoms with van der Waals surface area (Å²) in [5, 5.41) is 23.5. The van der Waals surface area contributed by atoms with Crippen molar-refractivity contribution in [2.24, 2.45) is 0 Å². The zero-order chi connectivity index (χ0) is 20.7. The van der Waals surface area contributed by atoms with Crippen molar-refractivity contribution in [1.29, 1.82) is 0 Å². The van der Waals surface area contributed by atoms with Gasteiger partial charge >= 0.3 is 5.97 Å². The molecular formula is C20H28N2O5S. The number of nitrogens with one attached hydrogen (secondary N) is 2. The van der Waals surface area contributed by atoms with Crippen LogP contribution in [0.2, 0.25) is 0 Å². The number of ether oxygens (including phenoxy) is 1. The quantitative estimate of drug-likeness (QED) is 0.453. The molecule has 0 aliphatic heterocycles. The van der Waals surface area contributed by atoms with E-state index < -0.39 is 27.6 Å². The van der Waals surface area contributed by atoms with Gasteiger partial charge in [0, 0.05) is 18.0 Å². The van der Waals surface area contributed by atoms with E-state index in [0.717, 1.165) is 12.0 Å². The van der Waals surface area contributed by atoms with Crippen LogP contribution in [0.15, 0.2) is 41.6 Å². The second-order valence-corrected chi connectivity index (χ2v) is 8.25. The minimum absolute atomic E-state index is 0.140. The highest BCUT2D eigenvalue weighted by atomic mass is 32.2. The Kier molecular flexibility index (Phi) is 7.79. The van der Waals surface area contributed by atoms with E-state index in [2.05, 4.69) is 10.3 Å². The molecule has 3 atom stereocenters. The number of aromatic nitrogens is 1. The van der Waals surface area contributed by atoms with Crippen molar-refractivity contribution < 1.29 is 24.0 Å². The second-order valence-electron chi connectivity index (χ2n) is 6.55. The van der Waals surface area contributed by atoms with Crippen LogP contribution >= 0.6 is 0 Å². The minimum Gasteiger partial charge on any atom is -0.496 e. The Balaban J connectivity index is 2.77. The molecule has 28 heavy (non-hydrogen) atoms. The standard InChI is InChI=1S/C20H28N2O5S/c1-4-7-14-12-22-13-17(14)28(26)20(10-11-21-2,18(23)19(24)25)15-8-5-6-9-16(15)27-3/h5-6,8-9,12-13,18,21-23H,4,7,10-11H2,1-3H3,(H,24,25). The molecule has 4 N–H and O–H groups in total. The maximum absolute atomic E-state index is 13.9. The van der Waals surface area contributed by atoms with Gasteiger partial charge < -0.3 is 25.3 Å². The number of benzene rings is 1. The summed E-state index contributed by atoms with van der Waals surface area (Å²) in [5.74, 6) is -1.04. The molecule has 2 rings (SSSR count). The van der Waals surface area contributed by atoms with Crippen molar-refractivity contribution in [3.63, 3.8) is 0 Å². The SMILES string of the molecule is CCCc1c[nH]cc1S(=O)C(CCNC)(c1ccccc1OC)C(O)C(=O)O. The molecule has 1 aromatic carbocycles. The second kappa shape index (κ2) is 9.86. The predicted molar refractivity (Wildman–Crippen MR) is 108 cm³/mol. The van der Waals surface area contributed by atoms with Crippen LogP contribution in [0.3, 0.4) is 0 Å². The number of rotatable bonds is 11. The maximum Gasteiger partial charge on any atom is 0.334 e. The molecule has 8 heteroatoms. The van der Waals surface area contributed by atoms with Gasteiger partial charge in [0.25, 0.3) is 0 Å². The van der Waals surface area contributed by atoms with Crippen molar-refractivity contribution >= 4 is 16.8 Å². The number of methoxy groups -OCH3 is 1. The molecule has 0 saturated heterocycles. The lowest BCUT2D eigenvalue weighted by atomic mass is 9.88. The molecule has 0 fully saturated rings. The van der Waals surface area contributed by atoms with Gasteiger partial charge in [0.2, 0.25) is 0 Å². The summed E-state index contributed by atoms with van der Waals surface area (Å²) in [6, 6.07) is 6.83. The first-order chi connectivity index (χ1) is 13.4. The zero-order valence-corrected chi connectivity index (χ0v) is 17.2. The lowest BCUT2D eigenvalue weighted by Gasteiger charge is -2.36. The van der Waals surface area contributed by atoms with E-state index in [0.29, 0.717) is 29.2 Å². The number of aromatic amines is 1. The Hall–Kier alpha value is -2.16. The monoisotopic (exact) mass is 408 g/mol. The van der Waals surface area contributed by atoms with Gasteiger partial charge in [-0.25, -0.2) is 4.79 Å². The Morgan fingerprint density at radius 1 is 1.36 bits per heavy atom. The van der Waals surface area contributed by atoms with Crippen molar-refractivity contribution in [3.8, 4) is 5.75 Å². The average Bonchev–Trinajstić information content (AvgIpc) is 3.16. The highest BCUT2D eigenvalue weighted by Gasteiger charge is 2.51. The molecule has 0 aliphatic carbocycles. The smallest absolute Gasteiger partial charge is 0.334 e. The lowest BCUT2D eigenvalue weighted by molar-refractivity contribution is -0.148. The van der Waals surface area contributed by atoms with Crippen LogP contribution in [0.5, 0.6) is 5.75 Å². The van der Waals surface area contributed by atoms with E-state index in [1.165, 1.54) is 7.11 Å². The third-order valence-corrected chi connectivity index (χ3v) is 6.91. The van der Waals surface area contributed by atoms with Gasteiger partial charge in [0.1, 0.15) is 10.5 Å². The Morgan fingerprint density at radius 2 is 2.07 bits per heavy atom. The van der Waals surface area contributed by atoms with Crippen molar-refractivity contribution in [2.75, 3.05) is 20.7 Å². The Labute approximate surface area is 167 Å². The van der Waals surface area contributed by atoms with Gasteiger partial charge in [0.05, 0.1) is 22.8 Å². The third-order valence-electron chi connectivity index (χ3n) is 4.82. The summed E-state index contributed by atoms with van der Waals surface area (Å²) in [5.41, 5.74) is 1.26. The Morgan fingerprint density at radius 3 is 2.68 bits per heavy atom. The summed E-state index contributed by atoms with van der Waals surface area (Å²) in [7, 11) is 1.33. The van der Waals surface area contributed by atoms with Crippen molar-refractivity contribution in [3.05, 3.63) is 47.8 Å². The van der Waals surface area contributed by atoms with Gasteiger partial charge in [-0.3, -0.25) is 4.21 Å². The van der Waals surface area contributed by atoms with E-state index in [4.69, 9.17) is 4.74 Å². The van der Waals surface area contributed by atoms with E-state index >= 15 is 0 Å². The number of carboxylic acid groups (broad SMARTS) is 1. The molecule has 3 unspecified atom stereocenters. The predicted octanol–water partition coefficient (Wildman–Crippen LogP) is 2.03. The molecule has 0 amide bonds. The molecule has 1 aromatic heterocycles. The van der Waals surface area contributed by atoms with E-state index in [1.807, 2.05) is 6.92 Å². The number of hydrogen-bond donors (Lipinski definition) is 4. The molecule has 0 aliphatic rings. The molecule has 0 saturated carbocycles. The number of para-hydroxylation sites is 1. The molecule has 2 aromatic rings. The fourth-order valence-electron chi connectivity index (χ4n) is 3.43. The van der Waals surface area contributed by atoms with E-state index in [9.17, 15) is 19.2 Å². The van der Waals surface area contributed by atoms with Gasteiger partial charge in [-0.05, 0) is 38.1 Å². The molecule has 154 valence electrons. The van der Waals surface area contributed by atoms with Crippen LogP contribution in [-0.2, 0) is 26.8 Å². The van der Waals surface area contributed by atoms with E-state index in [1.54, 1.807) is 43.7 Å². The van der Waals surface area contributed by atoms with Crippen molar-refractivity contribution in [2.45, 2.75) is 41.9 Å². The van der Waals surface area contributed by atoms with Gasteiger partial charge in [-0.2, -0.15) is 0 Å². The van der Waals surface area contributed by atoms with Crippen LogP contribution in [0, 0.1) is 0 Å². The fourth-order valence-corrected chi connectivity index (χ4v) is 5.36. The van der Waals surface area contributed by atoms with E-state index in [-0.39, 0.29) is 6.42 Å². The van der Waals surface area contributed by atoms with Gasteiger partial charge in [-0.1, -0.05) is 31.5 Å². The van der Waals surface area contributed by atoms with Crippen LogP contribution in [0.1, 0.15) is 30.9 Å². The van der Waals surface area contributed by atoms with Crippen LogP contribution in [-0.4, -0.2) is 52.2 Å².